The molecule has 1 fully saturated rings. The number of aromatic carboxylic acids is 1. The first-order valence-electron chi connectivity index (χ1n) is 6.61. The zero-order chi connectivity index (χ0) is 15.5. The number of carboxylic acid groups (broad SMARTS) is 1. The molecule has 5 nitrogen and oxygen atoms in total. The van der Waals surface area contributed by atoms with E-state index in [1.807, 2.05) is 0 Å². The van der Waals surface area contributed by atoms with Crippen LogP contribution in [0.4, 0.5) is 13.2 Å². The summed E-state index contributed by atoms with van der Waals surface area (Å²) in [5.41, 5.74) is -1.28. The number of alkyl halides is 3. The Morgan fingerprint density at radius 3 is 2.76 bits per heavy atom. The van der Waals surface area contributed by atoms with Crippen molar-refractivity contribution in [3.8, 4) is 0 Å². The van der Waals surface area contributed by atoms with Crippen molar-refractivity contribution in [2.24, 2.45) is 0 Å². The molecular weight excluding hydrogens is 307 g/mol. The van der Waals surface area contributed by atoms with Crippen molar-refractivity contribution < 1.29 is 23.1 Å². The highest BCUT2D eigenvalue weighted by atomic mass is 32.1. The standard InChI is InChI=1S/C12H16F3N3O2S/c13-12(14,15)10-9(11(19)20)21-8(17-10)2-6-18-5-1-3-16-4-7-18/h16H,1-7H2,(H,19,20). The molecule has 2 heterocycles. The first-order valence-corrected chi connectivity index (χ1v) is 7.43. The number of nitrogens with one attached hydrogen (secondary N) is 1. The number of rotatable bonds is 4. The summed E-state index contributed by atoms with van der Waals surface area (Å²) in [4.78, 5) is 15.8. The number of halogens is 3. The second-order valence-corrected chi connectivity index (χ2v) is 5.87. The summed E-state index contributed by atoms with van der Waals surface area (Å²) in [6.07, 6.45) is -3.40. The van der Waals surface area contributed by atoms with Gasteiger partial charge in [-0.2, -0.15) is 13.2 Å². The second kappa shape index (κ2) is 6.71. The van der Waals surface area contributed by atoms with Crippen LogP contribution in [0.3, 0.4) is 0 Å². The van der Waals surface area contributed by atoms with Crippen LogP contribution in [0.15, 0.2) is 0 Å². The van der Waals surface area contributed by atoms with Crippen LogP contribution >= 0.6 is 11.3 Å². The molecule has 1 saturated heterocycles. The molecular formula is C12H16F3N3O2S. The Balaban J connectivity index is 2.05. The molecule has 118 valence electrons. The van der Waals surface area contributed by atoms with Gasteiger partial charge in [0.1, 0.15) is 4.88 Å². The first-order chi connectivity index (χ1) is 9.88. The molecule has 0 aliphatic carbocycles. The van der Waals surface area contributed by atoms with Gasteiger partial charge in [-0.15, -0.1) is 11.3 Å². The maximum absolute atomic E-state index is 12.7. The maximum Gasteiger partial charge on any atom is 0.435 e. The maximum atomic E-state index is 12.7. The lowest BCUT2D eigenvalue weighted by atomic mass is 10.3. The Hall–Kier alpha value is -1.19. The molecule has 0 spiro atoms. The van der Waals surface area contributed by atoms with Crippen molar-refractivity contribution in [2.45, 2.75) is 19.0 Å². The number of carboxylic acids is 1. The van der Waals surface area contributed by atoms with Crippen molar-refractivity contribution in [3.63, 3.8) is 0 Å². The molecule has 0 radical (unpaired) electrons. The molecule has 1 aliphatic rings. The van der Waals surface area contributed by atoms with Gasteiger partial charge < -0.3 is 15.3 Å². The van der Waals surface area contributed by atoms with E-state index in [1.54, 1.807) is 0 Å². The van der Waals surface area contributed by atoms with E-state index in [0.29, 0.717) is 24.3 Å². The van der Waals surface area contributed by atoms with Crippen LogP contribution in [0.2, 0.25) is 0 Å². The van der Waals surface area contributed by atoms with E-state index in [1.165, 1.54) is 0 Å². The first kappa shape index (κ1) is 16.2. The summed E-state index contributed by atoms with van der Waals surface area (Å²) in [5.74, 6) is -1.58. The summed E-state index contributed by atoms with van der Waals surface area (Å²) in [5, 5.41) is 12.3. The van der Waals surface area contributed by atoms with Crippen LogP contribution in [0, 0.1) is 0 Å². The topological polar surface area (TPSA) is 65.5 Å². The number of hydrogen-bond donors (Lipinski definition) is 2. The van der Waals surface area contributed by atoms with Gasteiger partial charge in [0.05, 0.1) is 5.01 Å². The van der Waals surface area contributed by atoms with Gasteiger partial charge in [-0.3, -0.25) is 0 Å². The quantitative estimate of drug-likeness (QED) is 0.883. The predicted octanol–water partition coefficient (Wildman–Crippen LogP) is 1.70. The van der Waals surface area contributed by atoms with Crippen molar-refractivity contribution in [2.75, 3.05) is 32.7 Å². The van der Waals surface area contributed by atoms with Crippen LogP contribution in [0.1, 0.15) is 26.8 Å². The van der Waals surface area contributed by atoms with Crippen LogP contribution in [0.5, 0.6) is 0 Å². The van der Waals surface area contributed by atoms with Gasteiger partial charge in [-0.25, -0.2) is 9.78 Å². The third-order valence-electron chi connectivity index (χ3n) is 3.21. The molecule has 0 amide bonds. The van der Waals surface area contributed by atoms with E-state index in [4.69, 9.17) is 5.11 Å². The molecule has 2 N–H and O–H groups in total. The summed E-state index contributed by atoms with van der Waals surface area (Å²) in [6.45, 7) is 4.10. The van der Waals surface area contributed by atoms with Gasteiger partial charge in [-0.05, 0) is 19.5 Å². The Labute approximate surface area is 123 Å². The monoisotopic (exact) mass is 323 g/mol. The van der Waals surface area contributed by atoms with Crippen LogP contribution in [-0.4, -0.2) is 53.7 Å². The zero-order valence-electron chi connectivity index (χ0n) is 11.2. The Kier molecular flexibility index (Phi) is 5.17. The van der Waals surface area contributed by atoms with E-state index in [2.05, 4.69) is 15.2 Å². The third kappa shape index (κ3) is 4.39. The molecule has 0 atom stereocenters. The van der Waals surface area contributed by atoms with E-state index in [9.17, 15) is 18.0 Å². The van der Waals surface area contributed by atoms with Gasteiger partial charge in [0.15, 0.2) is 5.69 Å². The van der Waals surface area contributed by atoms with E-state index in [0.717, 1.165) is 32.6 Å². The van der Waals surface area contributed by atoms with Gasteiger partial charge in [0.2, 0.25) is 0 Å². The number of nitrogens with zero attached hydrogens (tertiary/aromatic N) is 2. The average molecular weight is 323 g/mol. The highest BCUT2D eigenvalue weighted by Crippen LogP contribution is 2.34. The fraction of sp³-hybridized carbons (Fsp3) is 0.667. The van der Waals surface area contributed by atoms with Crippen molar-refractivity contribution >= 4 is 17.3 Å². The van der Waals surface area contributed by atoms with Crippen LogP contribution < -0.4 is 5.32 Å². The Bertz CT molecular complexity index is 496. The number of thiazole rings is 1. The van der Waals surface area contributed by atoms with Gasteiger partial charge >= 0.3 is 12.1 Å². The zero-order valence-corrected chi connectivity index (χ0v) is 12.1. The summed E-state index contributed by atoms with van der Waals surface area (Å²) in [6, 6.07) is 0. The fourth-order valence-electron chi connectivity index (χ4n) is 2.19. The molecule has 21 heavy (non-hydrogen) atoms. The van der Waals surface area contributed by atoms with E-state index < -0.39 is 22.7 Å². The number of aromatic nitrogens is 1. The largest absolute Gasteiger partial charge is 0.477 e. The summed E-state index contributed by atoms with van der Waals surface area (Å²) in [7, 11) is 0. The van der Waals surface area contributed by atoms with Crippen LogP contribution in [-0.2, 0) is 12.6 Å². The van der Waals surface area contributed by atoms with Gasteiger partial charge in [-0.1, -0.05) is 0 Å². The van der Waals surface area contributed by atoms with Crippen LogP contribution in [0.25, 0.3) is 0 Å². The predicted molar refractivity (Wildman–Crippen MR) is 71.7 cm³/mol. The summed E-state index contributed by atoms with van der Waals surface area (Å²) >= 11 is 0.615. The molecule has 9 heteroatoms. The SMILES string of the molecule is O=C(O)c1sc(CCN2CCCNCC2)nc1C(F)(F)F. The number of carbonyl (C=O) groups is 1. The molecule has 0 saturated carbocycles. The molecule has 0 aromatic carbocycles. The minimum absolute atomic E-state index is 0.219. The smallest absolute Gasteiger partial charge is 0.435 e. The third-order valence-corrected chi connectivity index (χ3v) is 4.31. The second-order valence-electron chi connectivity index (χ2n) is 4.78. The molecule has 2 rings (SSSR count). The minimum Gasteiger partial charge on any atom is -0.477 e. The van der Waals surface area contributed by atoms with E-state index in [-0.39, 0.29) is 5.01 Å². The lowest BCUT2D eigenvalue weighted by molar-refractivity contribution is -0.141. The van der Waals surface area contributed by atoms with Crippen molar-refractivity contribution in [1.82, 2.24) is 15.2 Å². The highest BCUT2D eigenvalue weighted by Gasteiger charge is 2.39. The van der Waals surface area contributed by atoms with Gasteiger partial charge in [0.25, 0.3) is 0 Å². The minimum atomic E-state index is -4.73. The van der Waals surface area contributed by atoms with Gasteiger partial charge in [0, 0.05) is 26.1 Å². The highest BCUT2D eigenvalue weighted by molar-refractivity contribution is 7.13. The molecule has 1 aromatic rings. The normalized spacial score (nSPS) is 17.7. The Morgan fingerprint density at radius 2 is 2.14 bits per heavy atom. The average Bonchev–Trinajstić information content (AvgIpc) is 2.67. The summed E-state index contributed by atoms with van der Waals surface area (Å²) < 4.78 is 38.2. The lowest BCUT2D eigenvalue weighted by Crippen LogP contribution is -2.30. The Morgan fingerprint density at radius 1 is 1.38 bits per heavy atom. The molecule has 0 unspecified atom stereocenters. The van der Waals surface area contributed by atoms with Crippen molar-refractivity contribution in [3.05, 3.63) is 15.6 Å². The van der Waals surface area contributed by atoms with Crippen molar-refractivity contribution in [1.29, 1.82) is 0 Å². The lowest BCUT2D eigenvalue weighted by Gasteiger charge is -2.18. The molecule has 1 aromatic heterocycles. The fourth-order valence-corrected chi connectivity index (χ4v) is 3.10. The molecule has 1 aliphatic heterocycles. The molecule has 0 bridgehead atoms. The number of hydrogen-bond acceptors (Lipinski definition) is 5. The van der Waals surface area contributed by atoms with E-state index >= 15 is 0 Å².